The number of rotatable bonds is 7. The van der Waals surface area contributed by atoms with Crippen LogP contribution in [-0.2, 0) is 14.3 Å². The maximum Gasteiger partial charge on any atom is 0.327 e. The van der Waals surface area contributed by atoms with Gasteiger partial charge in [-0.05, 0) is 13.3 Å². The van der Waals surface area contributed by atoms with Crippen molar-refractivity contribution in [1.29, 1.82) is 0 Å². The molecule has 0 fully saturated rings. The molecule has 5 heteroatoms. The van der Waals surface area contributed by atoms with Gasteiger partial charge in [0.1, 0.15) is 6.04 Å². The van der Waals surface area contributed by atoms with Crippen LogP contribution in [0.15, 0.2) is 0 Å². The molecule has 2 atom stereocenters. The summed E-state index contributed by atoms with van der Waals surface area (Å²) in [5, 5.41) is 11.1. The monoisotopic (exact) mass is 227 g/mol. The second-order valence-electron chi connectivity index (χ2n) is 3.45. The molecule has 0 spiro atoms. The molecule has 0 aromatic heterocycles. The fourth-order valence-corrected chi connectivity index (χ4v) is 1.04. The van der Waals surface area contributed by atoms with Crippen LogP contribution in [0.25, 0.3) is 0 Å². The van der Waals surface area contributed by atoms with Crippen molar-refractivity contribution in [3.8, 4) is 12.3 Å². The first-order valence-corrected chi connectivity index (χ1v) is 4.99. The van der Waals surface area contributed by atoms with Crippen molar-refractivity contribution in [2.75, 3.05) is 7.11 Å². The van der Waals surface area contributed by atoms with Crippen LogP contribution >= 0.6 is 0 Å². The van der Waals surface area contributed by atoms with E-state index in [2.05, 4.69) is 11.2 Å². The number of hydrogen-bond donors (Lipinski definition) is 2. The van der Waals surface area contributed by atoms with Gasteiger partial charge in [0.15, 0.2) is 0 Å². The Morgan fingerprint density at radius 2 is 2.19 bits per heavy atom. The summed E-state index contributed by atoms with van der Waals surface area (Å²) < 4.78 is 4.97. The molecule has 90 valence electrons. The molecular formula is C11H17NO4. The van der Waals surface area contributed by atoms with E-state index < -0.39 is 12.0 Å². The minimum Gasteiger partial charge on any atom is -0.480 e. The maximum absolute atomic E-state index is 11.4. The average Bonchev–Trinajstić information content (AvgIpc) is 2.25. The third-order valence-electron chi connectivity index (χ3n) is 2.14. The van der Waals surface area contributed by atoms with Gasteiger partial charge in [0.05, 0.1) is 6.10 Å². The minimum atomic E-state index is -1.12. The van der Waals surface area contributed by atoms with Crippen LogP contribution in [0.1, 0.15) is 26.2 Å². The molecule has 2 unspecified atom stereocenters. The summed E-state index contributed by atoms with van der Waals surface area (Å²) in [4.78, 5) is 22.0. The standard InChI is InChI=1S/C11H17NO4/c1-4-5-9(11(14)15)12-10(13)7-6-8(2)16-3/h1,8-9H,5-7H2,2-3H3,(H,12,13)(H,14,15). The summed E-state index contributed by atoms with van der Waals surface area (Å²) in [5.41, 5.74) is 0. The zero-order valence-corrected chi connectivity index (χ0v) is 9.53. The summed E-state index contributed by atoms with van der Waals surface area (Å²) in [6.45, 7) is 1.84. The number of terminal acetylenes is 1. The second-order valence-corrected chi connectivity index (χ2v) is 3.45. The van der Waals surface area contributed by atoms with Gasteiger partial charge in [-0.3, -0.25) is 4.79 Å². The van der Waals surface area contributed by atoms with Gasteiger partial charge in [0.25, 0.3) is 0 Å². The Balaban J connectivity index is 4.01. The van der Waals surface area contributed by atoms with Crippen molar-refractivity contribution < 1.29 is 19.4 Å². The smallest absolute Gasteiger partial charge is 0.327 e. The second kappa shape index (κ2) is 7.71. The van der Waals surface area contributed by atoms with Crippen LogP contribution in [-0.4, -0.2) is 36.2 Å². The van der Waals surface area contributed by atoms with Crippen LogP contribution in [0, 0.1) is 12.3 Å². The highest BCUT2D eigenvalue weighted by atomic mass is 16.5. The van der Waals surface area contributed by atoms with E-state index in [1.165, 1.54) is 0 Å². The van der Waals surface area contributed by atoms with Gasteiger partial charge in [-0.15, -0.1) is 12.3 Å². The molecule has 5 nitrogen and oxygen atoms in total. The predicted molar refractivity (Wildman–Crippen MR) is 58.7 cm³/mol. The van der Waals surface area contributed by atoms with Gasteiger partial charge >= 0.3 is 5.97 Å². The van der Waals surface area contributed by atoms with Crippen LogP contribution < -0.4 is 5.32 Å². The Hall–Kier alpha value is -1.54. The Morgan fingerprint density at radius 3 is 2.62 bits per heavy atom. The average molecular weight is 227 g/mol. The topological polar surface area (TPSA) is 75.6 Å². The van der Waals surface area contributed by atoms with Crippen molar-refractivity contribution in [2.24, 2.45) is 0 Å². The number of hydrogen-bond acceptors (Lipinski definition) is 3. The molecule has 0 bridgehead atoms. The summed E-state index contributed by atoms with van der Waals surface area (Å²) in [7, 11) is 1.56. The number of carbonyl (C=O) groups excluding carboxylic acids is 1. The number of methoxy groups -OCH3 is 1. The van der Waals surface area contributed by atoms with E-state index >= 15 is 0 Å². The lowest BCUT2D eigenvalue weighted by molar-refractivity contribution is -0.141. The summed E-state index contributed by atoms with van der Waals surface area (Å²) in [6, 6.07) is -1.00. The molecular weight excluding hydrogens is 210 g/mol. The van der Waals surface area contributed by atoms with Gasteiger partial charge in [-0.2, -0.15) is 0 Å². The Bertz CT molecular complexity index is 282. The fourth-order valence-electron chi connectivity index (χ4n) is 1.04. The quantitative estimate of drug-likeness (QED) is 0.617. The minimum absolute atomic E-state index is 0.0130. The Morgan fingerprint density at radius 1 is 1.56 bits per heavy atom. The molecule has 16 heavy (non-hydrogen) atoms. The lowest BCUT2D eigenvalue weighted by atomic mass is 10.1. The molecule has 0 aromatic rings. The zero-order valence-electron chi connectivity index (χ0n) is 9.53. The third-order valence-corrected chi connectivity index (χ3v) is 2.14. The number of carboxylic acids is 1. The van der Waals surface area contributed by atoms with E-state index in [-0.39, 0.29) is 24.9 Å². The number of aliphatic carboxylic acids is 1. The lowest BCUT2D eigenvalue weighted by Gasteiger charge is -2.13. The van der Waals surface area contributed by atoms with Gasteiger partial charge in [-0.1, -0.05) is 0 Å². The molecule has 1 amide bonds. The molecule has 0 aromatic carbocycles. The van der Waals surface area contributed by atoms with Crippen LogP contribution in [0.3, 0.4) is 0 Å². The largest absolute Gasteiger partial charge is 0.480 e. The molecule has 0 rings (SSSR count). The third kappa shape index (κ3) is 6.04. The van der Waals surface area contributed by atoms with Gasteiger partial charge in [0, 0.05) is 20.0 Å². The molecule has 0 saturated carbocycles. The summed E-state index contributed by atoms with van der Waals surface area (Å²) in [6.07, 6.45) is 5.73. The fraction of sp³-hybridized carbons (Fsp3) is 0.636. The molecule has 0 aliphatic carbocycles. The molecule has 0 aliphatic heterocycles. The van der Waals surface area contributed by atoms with Crippen molar-refractivity contribution >= 4 is 11.9 Å². The highest BCUT2D eigenvalue weighted by Gasteiger charge is 2.18. The lowest BCUT2D eigenvalue weighted by Crippen LogP contribution is -2.40. The maximum atomic E-state index is 11.4. The zero-order chi connectivity index (χ0) is 12.6. The first-order valence-electron chi connectivity index (χ1n) is 4.99. The predicted octanol–water partition coefficient (Wildman–Crippen LogP) is 0.394. The number of carboxylic acid groups (broad SMARTS) is 1. The molecule has 2 N–H and O–H groups in total. The summed E-state index contributed by atoms with van der Waals surface area (Å²) in [5.74, 6) is 0.764. The van der Waals surface area contributed by atoms with E-state index in [0.29, 0.717) is 6.42 Å². The molecule has 0 aliphatic rings. The normalized spacial score (nSPS) is 13.6. The van der Waals surface area contributed by atoms with E-state index in [9.17, 15) is 9.59 Å². The number of nitrogens with one attached hydrogen (secondary N) is 1. The van der Waals surface area contributed by atoms with Gasteiger partial charge in [0.2, 0.25) is 5.91 Å². The number of amides is 1. The van der Waals surface area contributed by atoms with Gasteiger partial charge in [-0.25, -0.2) is 4.79 Å². The van der Waals surface area contributed by atoms with Crippen LogP contribution in [0.2, 0.25) is 0 Å². The highest BCUT2D eigenvalue weighted by molar-refractivity contribution is 5.83. The SMILES string of the molecule is C#CCC(NC(=O)CCC(C)OC)C(=O)O. The summed E-state index contributed by atoms with van der Waals surface area (Å²) >= 11 is 0. The van der Waals surface area contributed by atoms with Crippen molar-refractivity contribution in [3.05, 3.63) is 0 Å². The highest BCUT2D eigenvalue weighted by Crippen LogP contribution is 2.01. The Labute approximate surface area is 95.2 Å². The van der Waals surface area contributed by atoms with Crippen LogP contribution in [0.4, 0.5) is 0 Å². The van der Waals surface area contributed by atoms with Gasteiger partial charge < -0.3 is 15.2 Å². The molecule has 0 heterocycles. The first-order chi connectivity index (χ1) is 7.51. The van der Waals surface area contributed by atoms with Crippen molar-refractivity contribution in [2.45, 2.75) is 38.3 Å². The van der Waals surface area contributed by atoms with E-state index in [0.717, 1.165) is 0 Å². The first kappa shape index (κ1) is 14.5. The molecule has 0 saturated heterocycles. The number of carbonyl (C=O) groups is 2. The van der Waals surface area contributed by atoms with E-state index in [4.69, 9.17) is 16.3 Å². The van der Waals surface area contributed by atoms with Crippen molar-refractivity contribution in [3.63, 3.8) is 0 Å². The molecule has 0 radical (unpaired) electrons. The van der Waals surface area contributed by atoms with Crippen molar-refractivity contribution in [1.82, 2.24) is 5.32 Å². The van der Waals surface area contributed by atoms with E-state index in [1.54, 1.807) is 7.11 Å². The van der Waals surface area contributed by atoms with Crippen LogP contribution in [0.5, 0.6) is 0 Å². The van der Waals surface area contributed by atoms with E-state index in [1.807, 2.05) is 6.92 Å². The number of ether oxygens (including phenoxy) is 1. The Kier molecular flexibility index (Phi) is 6.97.